The number of aromatic nitrogens is 4. The van der Waals surface area contributed by atoms with Crippen LogP contribution in [0, 0.1) is 0 Å². The van der Waals surface area contributed by atoms with Gasteiger partial charge < -0.3 is 10.1 Å². The van der Waals surface area contributed by atoms with Crippen molar-refractivity contribution < 1.29 is 4.74 Å². The summed E-state index contributed by atoms with van der Waals surface area (Å²) in [5, 5.41) is 11.1. The van der Waals surface area contributed by atoms with E-state index >= 15 is 0 Å². The highest BCUT2D eigenvalue weighted by Gasteiger charge is 2.18. The van der Waals surface area contributed by atoms with Gasteiger partial charge in [0.05, 0.1) is 5.60 Å². The van der Waals surface area contributed by atoms with Crippen molar-refractivity contribution >= 4 is 11.5 Å². The van der Waals surface area contributed by atoms with Crippen molar-refractivity contribution in [2.24, 2.45) is 0 Å². The van der Waals surface area contributed by atoms with Crippen molar-refractivity contribution in [2.75, 3.05) is 18.5 Å². The van der Waals surface area contributed by atoms with E-state index in [9.17, 15) is 0 Å². The van der Waals surface area contributed by atoms with Crippen LogP contribution in [0.3, 0.4) is 0 Å². The predicted octanol–water partition coefficient (Wildman–Crippen LogP) is 1.35. The maximum absolute atomic E-state index is 5.61. The van der Waals surface area contributed by atoms with Crippen LogP contribution in [-0.4, -0.2) is 38.3 Å². The molecule has 6 heteroatoms. The summed E-state index contributed by atoms with van der Waals surface area (Å²) in [6.45, 7) is 7.41. The third-order valence-electron chi connectivity index (χ3n) is 2.43. The topological polar surface area (TPSA) is 64.3 Å². The second-order valence-corrected chi connectivity index (χ2v) is 4.38. The first kappa shape index (κ1) is 11.8. The Morgan fingerprint density at radius 3 is 3.06 bits per heavy atom. The van der Waals surface area contributed by atoms with Crippen LogP contribution in [0.15, 0.2) is 18.7 Å². The van der Waals surface area contributed by atoms with Gasteiger partial charge in [0.2, 0.25) is 5.65 Å². The maximum atomic E-state index is 5.61. The Kier molecular flexibility index (Phi) is 3.23. The van der Waals surface area contributed by atoms with Crippen LogP contribution in [0.25, 0.3) is 5.65 Å². The normalized spacial score (nSPS) is 11.9. The molecule has 0 fully saturated rings. The molecule has 92 valence electrons. The number of hydrogen-bond acceptors (Lipinski definition) is 5. The molecule has 0 radical (unpaired) electrons. The highest BCUT2D eigenvalue weighted by Crippen LogP contribution is 2.13. The van der Waals surface area contributed by atoms with Crippen LogP contribution in [0.2, 0.25) is 0 Å². The van der Waals surface area contributed by atoms with Gasteiger partial charge in [-0.2, -0.15) is 0 Å². The highest BCUT2D eigenvalue weighted by atomic mass is 16.5. The quantitative estimate of drug-likeness (QED) is 0.847. The van der Waals surface area contributed by atoms with Crippen LogP contribution >= 0.6 is 0 Å². The van der Waals surface area contributed by atoms with Gasteiger partial charge in [0.1, 0.15) is 6.33 Å². The van der Waals surface area contributed by atoms with Gasteiger partial charge in [-0.05, 0) is 20.8 Å². The van der Waals surface area contributed by atoms with Gasteiger partial charge in [-0.25, -0.2) is 4.98 Å². The molecule has 2 rings (SSSR count). The van der Waals surface area contributed by atoms with E-state index in [1.54, 1.807) is 12.5 Å². The lowest BCUT2D eigenvalue weighted by Gasteiger charge is -2.25. The summed E-state index contributed by atoms with van der Waals surface area (Å²) in [4.78, 5) is 4.25. The fourth-order valence-corrected chi connectivity index (χ4v) is 1.62. The molecule has 2 aromatic heterocycles. The zero-order chi connectivity index (χ0) is 12.3. The average molecular weight is 235 g/mol. The molecule has 17 heavy (non-hydrogen) atoms. The Hall–Kier alpha value is -1.69. The van der Waals surface area contributed by atoms with E-state index in [2.05, 4.69) is 20.5 Å². The maximum Gasteiger partial charge on any atom is 0.203 e. The van der Waals surface area contributed by atoms with Gasteiger partial charge in [-0.1, -0.05) is 0 Å². The van der Waals surface area contributed by atoms with Crippen molar-refractivity contribution in [2.45, 2.75) is 26.4 Å². The van der Waals surface area contributed by atoms with E-state index < -0.39 is 0 Å². The number of rotatable bonds is 5. The van der Waals surface area contributed by atoms with E-state index in [1.165, 1.54) is 0 Å². The van der Waals surface area contributed by atoms with Crippen LogP contribution in [-0.2, 0) is 4.74 Å². The number of ether oxygens (including phenoxy) is 1. The van der Waals surface area contributed by atoms with Crippen molar-refractivity contribution in [3.63, 3.8) is 0 Å². The predicted molar refractivity (Wildman–Crippen MR) is 65.0 cm³/mol. The van der Waals surface area contributed by atoms with Crippen molar-refractivity contribution in [1.29, 1.82) is 0 Å². The lowest BCUT2D eigenvalue weighted by molar-refractivity contribution is 0.000658. The van der Waals surface area contributed by atoms with Gasteiger partial charge in [-0.15, -0.1) is 10.2 Å². The summed E-state index contributed by atoms with van der Waals surface area (Å²) >= 11 is 0. The SMILES string of the molecule is CCOC(C)(C)CNc1nccn2cnnc12. The molecule has 2 heterocycles. The van der Waals surface area contributed by atoms with Crippen LogP contribution < -0.4 is 5.32 Å². The standard InChI is InChI=1S/C11H17N5O/c1-4-17-11(2,3)7-13-9-10-15-14-8-16(10)6-5-12-9/h5-6,8H,4,7H2,1-3H3,(H,12,13). The molecule has 0 unspecified atom stereocenters. The molecule has 0 amide bonds. The highest BCUT2D eigenvalue weighted by molar-refractivity contribution is 5.61. The smallest absolute Gasteiger partial charge is 0.203 e. The number of anilines is 1. The molecular weight excluding hydrogens is 218 g/mol. The molecule has 6 nitrogen and oxygen atoms in total. The van der Waals surface area contributed by atoms with Crippen LogP contribution in [0.4, 0.5) is 5.82 Å². The van der Waals surface area contributed by atoms with E-state index in [-0.39, 0.29) is 5.60 Å². The van der Waals surface area contributed by atoms with Gasteiger partial charge in [0.15, 0.2) is 5.82 Å². The van der Waals surface area contributed by atoms with E-state index in [0.717, 1.165) is 11.5 Å². The van der Waals surface area contributed by atoms with Crippen LogP contribution in [0.5, 0.6) is 0 Å². The molecule has 0 aliphatic heterocycles. The first-order valence-corrected chi connectivity index (χ1v) is 5.64. The summed E-state index contributed by atoms with van der Waals surface area (Å²) in [7, 11) is 0. The number of nitrogens with zero attached hydrogens (tertiary/aromatic N) is 4. The van der Waals surface area contributed by atoms with Gasteiger partial charge in [-0.3, -0.25) is 4.40 Å². The Morgan fingerprint density at radius 2 is 2.29 bits per heavy atom. The Bertz CT molecular complexity index is 493. The Morgan fingerprint density at radius 1 is 1.47 bits per heavy atom. The summed E-state index contributed by atoms with van der Waals surface area (Å²) in [5.41, 5.74) is 0.489. The van der Waals surface area contributed by atoms with E-state index in [0.29, 0.717) is 13.2 Å². The molecule has 0 spiro atoms. The summed E-state index contributed by atoms with van der Waals surface area (Å²) < 4.78 is 7.43. The fraction of sp³-hybridized carbons (Fsp3) is 0.545. The summed E-state index contributed by atoms with van der Waals surface area (Å²) in [5.74, 6) is 0.720. The first-order chi connectivity index (χ1) is 8.12. The Labute approximate surface area is 100 Å². The lowest BCUT2D eigenvalue weighted by atomic mass is 10.1. The van der Waals surface area contributed by atoms with Gasteiger partial charge >= 0.3 is 0 Å². The molecule has 0 aromatic carbocycles. The first-order valence-electron chi connectivity index (χ1n) is 5.64. The number of hydrogen-bond donors (Lipinski definition) is 1. The minimum absolute atomic E-state index is 0.233. The molecule has 1 N–H and O–H groups in total. The molecule has 0 aliphatic carbocycles. The third-order valence-corrected chi connectivity index (χ3v) is 2.43. The molecule has 0 atom stereocenters. The second-order valence-electron chi connectivity index (χ2n) is 4.38. The summed E-state index contributed by atoms with van der Waals surface area (Å²) in [6, 6.07) is 0. The molecule has 0 saturated carbocycles. The minimum Gasteiger partial charge on any atom is -0.374 e. The van der Waals surface area contributed by atoms with Crippen molar-refractivity contribution in [1.82, 2.24) is 19.6 Å². The summed E-state index contributed by atoms with van der Waals surface area (Å²) in [6.07, 6.45) is 5.18. The van der Waals surface area contributed by atoms with Gasteiger partial charge in [0.25, 0.3) is 0 Å². The average Bonchev–Trinajstić information content (AvgIpc) is 2.74. The zero-order valence-electron chi connectivity index (χ0n) is 10.3. The molecular formula is C11H17N5O. The monoisotopic (exact) mass is 235 g/mol. The number of nitrogens with one attached hydrogen (secondary N) is 1. The van der Waals surface area contributed by atoms with E-state index in [4.69, 9.17) is 4.74 Å². The largest absolute Gasteiger partial charge is 0.374 e. The number of fused-ring (bicyclic) bond motifs is 1. The van der Waals surface area contributed by atoms with Crippen molar-refractivity contribution in [3.05, 3.63) is 18.7 Å². The Balaban J connectivity index is 2.11. The molecule has 2 aromatic rings. The molecule has 0 aliphatic rings. The van der Waals surface area contributed by atoms with Crippen molar-refractivity contribution in [3.8, 4) is 0 Å². The fourth-order valence-electron chi connectivity index (χ4n) is 1.62. The third kappa shape index (κ3) is 2.71. The van der Waals surface area contributed by atoms with Crippen LogP contribution in [0.1, 0.15) is 20.8 Å². The minimum atomic E-state index is -0.233. The van der Waals surface area contributed by atoms with E-state index in [1.807, 2.05) is 31.4 Å². The molecule has 0 saturated heterocycles. The lowest BCUT2D eigenvalue weighted by Crippen LogP contribution is -2.33. The second kappa shape index (κ2) is 4.67. The van der Waals surface area contributed by atoms with Gasteiger partial charge in [0, 0.05) is 25.5 Å². The zero-order valence-corrected chi connectivity index (χ0v) is 10.3. The molecule has 0 bridgehead atoms.